The molecule has 3 nitrogen and oxygen atoms in total. The summed E-state index contributed by atoms with van der Waals surface area (Å²) in [4.78, 5) is 5.84. The number of nitrogens with zero attached hydrogens (tertiary/aromatic N) is 1. The van der Waals surface area contributed by atoms with Crippen LogP contribution in [-0.4, -0.2) is 19.1 Å². The first kappa shape index (κ1) is 15.7. The molecule has 0 aliphatic rings. The van der Waals surface area contributed by atoms with Gasteiger partial charge in [-0.25, -0.2) is 4.98 Å². The molecule has 0 unspecified atom stereocenters. The van der Waals surface area contributed by atoms with Crippen LogP contribution in [0.25, 0.3) is 0 Å². The SMILES string of the molecule is CNCc1sc(Cc2ccc(Cl)cc2Cl)nc1COC. The maximum atomic E-state index is 6.20. The van der Waals surface area contributed by atoms with E-state index in [1.54, 1.807) is 24.5 Å². The van der Waals surface area contributed by atoms with E-state index in [1.165, 1.54) is 4.88 Å². The number of hydrogen-bond acceptors (Lipinski definition) is 4. The van der Waals surface area contributed by atoms with Gasteiger partial charge < -0.3 is 10.1 Å². The fraction of sp³-hybridized carbons (Fsp3) is 0.357. The molecule has 1 aromatic carbocycles. The predicted octanol–water partition coefficient (Wildman–Crippen LogP) is 3.91. The lowest BCUT2D eigenvalue weighted by molar-refractivity contribution is 0.181. The van der Waals surface area contributed by atoms with Crippen LogP contribution in [0.4, 0.5) is 0 Å². The van der Waals surface area contributed by atoms with E-state index >= 15 is 0 Å². The Morgan fingerprint density at radius 1 is 1.35 bits per heavy atom. The third-order valence-corrected chi connectivity index (χ3v) is 4.48. The van der Waals surface area contributed by atoms with Crippen LogP contribution in [-0.2, 0) is 24.3 Å². The van der Waals surface area contributed by atoms with E-state index in [2.05, 4.69) is 10.3 Å². The van der Waals surface area contributed by atoms with Crippen molar-refractivity contribution in [1.29, 1.82) is 0 Å². The Morgan fingerprint density at radius 3 is 2.80 bits per heavy atom. The van der Waals surface area contributed by atoms with Gasteiger partial charge in [0.25, 0.3) is 0 Å². The van der Waals surface area contributed by atoms with Crippen molar-refractivity contribution >= 4 is 34.5 Å². The molecule has 0 radical (unpaired) electrons. The van der Waals surface area contributed by atoms with E-state index in [-0.39, 0.29) is 0 Å². The van der Waals surface area contributed by atoms with Crippen molar-refractivity contribution in [3.05, 3.63) is 49.4 Å². The molecule has 2 aromatic rings. The summed E-state index contributed by atoms with van der Waals surface area (Å²) in [6.45, 7) is 1.33. The molecule has 1 aromatic heterocycles. The van der Waals surface area contributed by atoms with Gasteiger partial charge >= 0.3 is 0 Å². The number of thiazole rings is 1. The Balaban J connectivity index is 2.22. The lowest BCUT2D eigenvalue weighted by Crippen LogP contribution is -2.06. The second-order valence-corrected chi connectivity index (χ2v) is 6.37. The summed E-state index contributed by atoms with van der Waals surface area (Å²) >= 11 is 13.8. The maximum Gasteiger partial charge on any atom is 0.0977 e. The lowest BCUT2D eigenvalue weighted by atomic mass is 10.1. The van der Waals surface area contributed by atoms with Gasteiger partial charge in [0.1, 0.15) is 0 Å². The number of ether oxygens (including phenoxy) is 1. The molecular formula is C14H16Cl2N2OS. The maximum absolute atomic E-state index is 6.20. The van der Waals surface area contributed by atoms with Gasteiger partial charge in [-0.1, -0.05) is 29.3 Å². The number of methoxy groups -OCH3 is 1. The zero-order chi connectivity index (χ0) is 14.5. The second-order valence-electron chi connectivity index (χ2n) is 4.35. The van der Waals surface area contributed by atoms with E-state index < -0.39 is 0 Å². The number of rotatable bonds is 6. The summed E-state index contributed by atoms with van der Waals surface area (Å²) < 4.78 is 5.19. The predicted molar refractivity (Wildman–Crippen MR) is 84.9 cm³/mol. The first-order valence-electron chi connectivity index (χ1n) is 6.19. The van der Waals surface area contributed by atoms with E-state index in [0.717, 1.165) is 22.8 Å². The van der Waals surface area contributed by atoms with Crippen molar-refractivity contribution in [2.75, 3.05) is 14.2 Å². The second kappa shape index (κ2) is 7.38. The molecular weight excluding hydrogens is 315 g/mol. The average molecular weight is 331 g/mol. The minimum absolute atomic E-state index is 0.530. The molecule has 0 amide bonds. The van der Waals surface area contributed by atoms with Gasteiger partial charge in [0, 0.05) is 35.0 Å². The molecule has 6 heteroatoms. The minimum Gasteiger partial charge on any atom is -0.378 e. The quantitative estimate of drug-likeness (QED) is 0.871. The number of benzene rings is 1. The molecule has 0 saturated carbocycles. The van der Waals surface area contributed by atoms with Crippen molar-refractivity contribution < 1.29 is 4.74 Å². The van der Waals surface area contributed by atoms with Gasteiger partial charge in [-0.2, -0.15) is 0 Å². The van der Waals surface area contributed by atoms with Gasteiger partial charge in [-0.3, -0.25) is 0 Å². The molecule has 0 spiro atoms. The Hall–Kier alpha value is -0.650. The highest BCUT2D eigenvalue weighted by Gasteiger charge is 2.12. The summed E-state index contributed by atoms with van der Waals surface area (Å²) in [5, 5.41) is 5.51. The minimum atomic E-state index is 0.530. The topological polar surface area (TPSA) is 34.2 Å². The fourth-order valence-corrected chi connectivity index (χ4v) is 3.47. The van der Waals surface area contributed by atoms with Crippen molar-refractivity contribution in [3.63, 3.8) is 0 Å². The Labute approximate surface area is 132 Å². The zero-order valence-corrected chi connectivity index (χ0v) is 13.7. The Kier molecular flexibility index (Phi) is 5.81. The van der Waals surface area contributed by atoms with Crippen LogP contribution in [0.15, 0.2) is 18.2 Å². The van der Waals surface area contributed by atoms with Gasteiger partial charge in [0.15, 0.2) is 0 Å². The van der Waals surface area contributed by atoms with E-state index in [1.807, 2.05) is 19.2 Å². The van der Waals surface area contributed by atoms with Gasteiger partial charge in [0.2, 0.25) is 0 Å². The smallest absolute Gasteiger partial charge is 0.0977 e. The van der Waals surface area contributed by atoms with Crippen LogP contribution >= 0.6 is 34.5 Å². The van der Waals surface area contributed by atoms with Crippen molar-refractivity contribution in [2.24, 2.45) is 0 Å². The number of halogens is 2. The van der Waals surface area contributed by atoms with Crippen molar-refractivity contribution in [3.8, 4) is 0 Å². The van der Waals surface area contributed by atoms with Crippen LogP contribution in [0.5, 0.6) is 0 Å². The molecule has 0 aliphatic carbocycles. The van der Waals surface area contributed by atoms with Gasteiger partial charge in [-0.05, 0) is 24.7 Å². The summed E-state index contributed by atoms with van der Waals surface area (Å²) in [5.74, 6) is 0. The first-order chi connectivity index (χ1) is 9.63. The summed E-state index contributed by atoms with van der Waals surface area (Å²) in [6.07, 6.45) is 0.709. The van der Waals surface area contributed by atoms with Crippen LogP contribution in [0.3, 0.4) is 0 Å². The summed E-state index contributed by atoms with van der Waals surface area (Å²) in [6, 6.07) is 5.55. The number of hydrogen-bond donors (Lipinski definition) is 1. The van der Waals surface area contributed by atoms with Crippen molar-refractivity contribution in [1.82, 2.24) is 10.3 Å². The molecule has 0 atom stereocenters. The largest absolute Gasteiger partial charge is 0.378 e. The Morgan fingerprint density at radius 2 is 2.15 bits per heavy atom. The van der Waals surface area contributed by atoms with Gasteiger partial charge in [0.05, 0.1) is 17.3 Å². The number of nitrogens with one attached hydrogen (secondary N) is 1. The van der Waals surface area contributed by atoms with E-state index in [9.17, 15) is 0 Å². The van der Waals surface area contributed by atoms with Crippen LogP contribution < -0.4 is 5.32 Å². The van der Waals surface area contributed by atoms with Crippen LogP contribution in [0, 0.1) is 0 Å². The summed E-state index contributed by atoms with van der Waals surface area (Å²) in [5.41, 5.74) is 2.02. The molecule has 108 valence electrons. The first-order valence-corrected chi connectivity index (χ1v) is 7.76. The monoisotopic (exact) mass is 330 g/mol. The van der Waals surface area contributed by atoms with E-state index in [0.29, 0.717) is 23.1 Å². The highest BCUT2D eigenvalue weighted by molar-refractivity contribution is 7.11. The molecule has 1 N–H and O–H groups in total. The highest BCUT2D eigenvalue weighted by atomic mass is 35.5. The fourth-order valence-electron chi connectivity index (χ4n) is 1.89. The molecule has 0 fully saturated rings. The van der Waals surface area contributed by atoms with Crippen LogP contribution in [0.2, 0.25) is 10.0 Å². The number of aromatic nitrogens is 1. The molecule has 20 heavy (non-hydrogen) atoms. The van der Waals surface area contributed by atoms with Crippen LogP contribution in [0.1, 0.15) is 21.1 Å². The molecule has 0 saturated heterocycles. The average Bonchev–Trinajstić information content (AvgIpc) is 2.76. The normalized spacial score (nSPS) is 11.0. The molecule has 1 heterocycles. The van der Waals surface area contributed by atoms with E-state index in [4.69, 9.17) is 27.9 Å². The summed E-state index contributed by atoms with van der Waals surface area (Å²) in [7, 11) is 3.60. The standard InChI is InChI=1S/C14H16Cl2N2OS/c1-17-7-13-12(8-19-2)18-14(20-13)5-9-3-4-10(15)6-11(9)16/h3-4,6,17H,5,7-8H2,1-2H3. The van der Waals surface area contributed by atoms with Crippen molar-refractivity contribution in [2.45, 2.75) is 19.6 Å². The Bertz CT molecular complexity index is 563. The molecule has 2 rings (SSSR count). The third-order valence-electron chi connectivity index (χ3n) is 2.80. The lowest BCUT2D eigenvalue weighted by Gasteiger charge is -2.02. The molecule has 0 aliphatic heterocycles. The van der Waals surface area contributed by atoms with Gasteiger partial charge in [-0.15, -0.1) is 11.3 Å². The molecule has 0 bridgehead atoms. The highest BCUT2D eigenvalue weighted by Crippen LogP contribution is 2.26. The third kappa shape index (κ3) is 3.93. The zero-order valence-electron chi connectivity index (χ0n) is 11.4.